The Morgan fingerprint density at radius 3 is 2.18 bits per heavy atom. The van der Waals surface area contributed by atoms with Gasteiger partial charge in [0.15, 0.2) is 0 Å². The van der Waals surface area contributed by atoms with Crippen molar-refractivity contribution in [3.05, 3.63) is 53.1 Å². The topological polar surface area (TPSA) is 17.1 Å². The first-order valence-corrected chi connectivity index (χ1v) is 4.98. The number of hydrogen-bond acceptors (Lipinski definition) is 1. The molecule has 0 aliphatic heterocycles. The Labute approximate surface area is 101 Å². The molecule has 1 rings (SSSR count). The van der Waals surface area contributed by atoms with Gasteiger partial charge in [0.1, 0.15) is 6.29 Å². The predicted molar refractivity (Wildman–Crippen MR) is 60.7 cm³/mol. The molecular weight excluding hydrogens is 253 g/mol. The average molecular weight is 261 g/mol. The Morgan fingerprint density at radius 2 is 1.71 bits per heavy atom. The van der Waals surface area contributed by atoms with E-state index in [0.29, 0.717) is 11.3 Å². The van der Waals surface area contributed by atoms with E-state index in [2.05, 4.69) is 0 Å². The summed E-state index contributed by atoms with van der Waals surface area (Å²) in [4.78, 5) is 10.0. The Balaban J connectivity index is 3.15. The molecule has 1 aromatic rings. The Bertz CT molecular complexity index is 444. The lowest BCUT2D eigenvalue weighted by Gasteiger charge is -2.11. The second kappa shape index (κ2) is 5.68. The number of allylic oxidation sites excluding steroid dienone is 4. The Kier molecular flexibility index (Phi) is 4.52. The minimum absolute atomic E-state index is 0.00236. The van der Waals surface area contributed by atoms with Crippen LogP contribution in [0.25, 0.3) is 5.57 Å². The van der Waals surface area contributed by atoms with Gasteiger partial charge in [-0.25, -0.2) is 0 Å². The van der Waals surface area contributed by atoms with Gasteiger partial charge in [-0.1, -0.05) is 29.8 Å². The highest BCUT2D eigenvalue weighted by atomic mass is 35.5. The maximum atomic E-state index is 12.7. The van der Waals surface area contributed by atoms with Crippen molar-refractivity contribution in [2.24, 2.45) is 0 Å². The molecule has 5 heteroatoms. The largest absolute Gasteiger partial charge is 0.416 e. The number of halogens is 4. The fraction of sp³-hybridized carbons (Fsp3) is 0.0833. The van der Waals surface area contributed by atoms with E-state index in [9.17, 15) is 18.0 Å². The van der Waals surface area contributed by atoms with E-state index in [1.165, 1.54) is 24.3 Å². The van der Waals surface area contributed by atoms with E-state index in [4.69, 9.17) is 11.6 Å². The number of carbonyl (C=O) groups excluding carboxylic acids is 1. The number of carbonyl (C=O) groups is 1. The fourth-order valence-corrected chi connectivity index (χ4v) is 1.31. The van der Waals surface area contributed by atoms with Gasteiger partial charge in [0.05, 0.1) is 5.57 Å². The molecule has 0 heterocycles. The molecule has 0 bridgehead atoms. The molecule has 0 saturated carbocycles. The number of rotatable bonds is 3. The van der Waals surface area contributed by atoms with E-state index in [-0.39, 0.29) is 5.56 Å². The number of alkyl halides is 3. The van der Waals surface area contributed by atoms with Crippen molar-refractivity contribution in [2.75, 3.05) is 0 Å². The van der Waals surface area contributed by atoms with Crippen molar-refractivity contribution in [3.63, 3.8) is 0 Å². The van der Waals surface area contributed by atoms with E-state index >= 15 is 0 Å². The van der Waals surface area contributed by atoms with Gasteiger partial charge in [0, 0.05) is 5.02 Å². The van der Waals surface area contributed by atoms with Gasteiger partial charge in [-0.05, 0) is 29.8 Å². The highest BCUT2D eigenvalue weighted by Crippen LogP contribution is 2.34. The first-order chi connectivity index (χ1) is 7.95. The lowest BCUT2D eigenvalue weighted by molar-refractivity contribution is -0.104. The molecule has 17 heavy (non-hydrogen) atoms. The smallest absolute Gasteiger partial charge is 0.299 e. The zero-order valence-electron chi connectivity index (χ0n) is 8.54. The lowest BCUT2D eigenvalue weighted by atomic mass is 10.1. The molecule has 0 fully saturated rings. The summed E-state index contributed by atoms with van der Waals surface area (Å²) < 4.78 is 38.1. The second-order valence-corrected chi connectivity index (χ2v) is 3.54. The molecule has 0 spiro atoms. The van der Waals surface area contributed by atoms with Crippen LogP contribution < -0.4 is 0 Å². The van der Waals surface area contributed by atoms with E-state index in [1.807, 2.05) is 0 Å². The van der Waals surface area contributed by atoms with Gasteiger partial charge in [-0.2, -0.15) is 13.2 Å². The van der Waals surface area contributed by atoms with Crippen LogP contribution in [0.1, 0.15) is 5.56 Å². The van der Waals surface area contributed by atoms with Gasteiger partial charge in [-0.15, -0.1) is 0 Å². The minimum Gasteiger partial charge on any atom is -0.299 e. The first kappa shape index (κ1) is 13.5. The van der Waals surface area contributed by atoms with Crippen LogP contribution in [0.2, 0.25) is 5.02 Å². The normalized spacial score (nSPS) is 13.1. The monoisotopic (exact) mass is 260 g/mol. The summed E-state index contributed by atoms with van der Waals surface area (Å²) in [7, 11) is 0. The van der Waals surface area contributed by atoms with Crippen LogP contribution in [0.4, 0.5) is 13.2 Å². The van der Waals surface area contributed by atoms with Gasteiger partial charge < -0.3 is 0 Å². The maximum absolute atomic E-state index is 12.7. The zero-order chi connectivity index (χ0) is 12.9. The third-order valence-electron chi connectivity index (χ3n) is 1.91. The summed E-state index contributed by atoms with van der Waals surface area (Å²) >= 11 is 5.60. The highest BCUT2D eigenvalue weighted by Gasteiger charge is 2.33. The molecule has 1 aromatic carbocycles. The van der Waals surface area contributed by atoms with E-state index < -0.39 is 11.7 Å². The standard InChI is InChI=1S/C12H8ClF3O/c13-10-6-4-9(5-7-10)11(12(14,15)16)3-1-2-8-17/h1-8H/b2-1+,11-3-. The molecule has 0 radical (unpaired) electrons. The molecule has 0 aromatic heterocycles. The van der Waals surface area contributed by atoms with Gasteiger partial charge in [0.25, 0.3) is 0 Å². The maximum Gasteiger partial charge on any atom is 0.416 e. The fourth-order valence-electron chi connectivity index (χ4n) is 1.18. The summed E-state index contributed by atoms with van der Waals surface area (Å²) in [6.45, 7) is 0. The lowest BCUT2D eigenvalue weighted by Crippen LogP contribution is -2.10. The van der Waals surface area contributed by atoms with Crippen LogP contribution in [0.5, 0.6) is 0 Å². The summed E-state index contributed by atoms with van der Waals surface area (Å²) in [5.74, 6) is 0. The molecule has 1 nitrogen and oxygen atoms in total. The van der Waals surface area contributed by atoms with Crippen molar-refractivity contribution in [1.82, 2.24) is 0 Å². The van der Waals surface area contributed by atoms with Crippen molar-refractivity contribution >= 4 is 23.5 Å². The number of aldehydes is 1. The predicted octanol–water partition coefficient (Wildman–Crippen LogP) is 4.04. The second-order valence-electron chi connectivity index (χ2n) is 3.11. The summed E-state index contributed by atoms with van der Waals surface area (Å²) in [6, 6.07) is 5.30. The minimum atomic E-state index is -4.49. The van der Waals surface area contributed by atoms with Crippen molar-refractivity contribution in [1.29, 1.82) is 0 Å². The quantitative estimate of drug-likeness (QED) is 0.455. The van der Waals surface area contributed by atoms with Crippen molar-refractivity contribution in [2.45, 2.75) is 6.18 Å². The SMILES string of the molecule is O=C/C=C/C=C(/c1ccc(Cl)cc1)C(F)(F)F. The molecule has 0 N–H and O–H groups in total. The Morgan fingerprint density at radius 1 is 1.12 bits per heavy atom. The number of benzene rings is 1. The third-order valence-corrected chi connectivity index (χ3v) is 2.17. The average Bonchev–Trinajstić information content (AvgIpc) is 2.25. The number of hydrogen-bond donors (Lipinski definition) is 0. The van der Waals surface area contributed by atoms with Gasteiger partial charge in [-0.3, -0.25) is 4.79 Å². The van der Waals surface area contributed by atoms with Crippen LogP contribution >= 0.6 is 11.6 Å². The zero-order valence-corrected chi connectivity index (χ0v) is 9.29. The van der Waals surface area contributed by atoms with Crippen molar-refractivity contribution in [3.8, 4) is 0 Å². The van der Waals surface area contributed by atoms with Gasteiger partial charge >= 0.3 is 6.18 Å². The molecule has 90 valence electrons. The van der Waals surface area contributed by atoms with Crippen LogP contribution in [0, 0.1) is 0 Å². The summed E-state index contributed by atoms with van der Waals surface area (Å²) in [5.41, 5.74) is -0.829. The summed E-state index contributed by atoms with van der Waals surface area (Å²) in [6.07, 6.45) is -1.20. The van der Waals surface area contributed by atoms with E-state index in [0.717, 1.165) is 18.2 Å². The van der Waals surface area contributed by atoms with Crippen LogP contribution in [0.15, 0.2) is 42.5 Å². The van der Waals surface area contributed by atoms with E-state index in [1.54, 1.807) is 0 Å². The van der Waals surface area contributed by atoms with Crippen LogP contribution in [0.3, 0.4) is 0 Å². The highest BCUT2D eigenvalue weighted by molar-refractivity contribution is 6.30. The Hall–Kier alpha value is -1.55. The molecule has 0 saturated heterocycles. The first-order valence-electron chi connectivity index (χ1n) is 4.60. The van der Waals surface area contributed by atoms with Gasteiger partial charge in [0.2, 0.25) is 0 Å². The molecule has 0 atom stereocenters. The summed E-state index contributed by atoms with van der Waals surface area (Å²) in [5, 5.41) is 0.360. The van der Waals surface area contributed by atoms with Crippen LogP contribution in [-0.4, -0.2) is 12.5 Å². The van der Waals surface area contributed by atoms with Crippen molar-refractivity contribution < 1.29 is 18.0 Å². The van der Waals surface area contributed by atoms with Crippen LogP contribution in [-0.2, 0) is 4.79 Å². The third kappa shape index (κ3) is 4.07. The molecule has 0 aliphatic carbocycles. The molecule has 0 aliphatic rings. The molecular formula is C12H8ClF3O. The molecule has 0 amide bonds. The molecule has 0 unspecified atom stereocenters.